The summed E-state index contributed by atoms with van der Waals surface area (Å²) in [6.45, 7) is 3.79. The van der Waals surface area contributed by atoms with E-state index < -0.39 is 0 Å². The van der Waals surface area contributed by atoms with Crippen molar-refractivity contribution in [3.8, 4) is 0 Å². The molecule has 1 fully saturated rings. The van der Waals surface area contributed by atoms with E-state index in [2.05, 4.69) is 4.58 Å². The van der Waals surface area contributed by atoms with Crippen LogP contribution < -0.4 is 29.7 Å². The molecule has 0 bridgehead atoms. The third kappa shape index (κ3) is 4.25. The molecule has 0 amide bonds. The molecule has 0 aromatic carbocycles. The van der Waals surface area contributed by atoms with E-state index >= 15 is 0 Å². The second-order valence-electron chi connectivity index (χ2n) is 3.25. The molecule has 1 rings (SSSR count). The maximum absolute atomic E-state index is 8.71. The van der Waals surface area contributed by atoms with Gasteiger partial charge in [-0.15, -0.1) is 0 Å². The molecule has 0 aromatic heterocycles. The van der Waals surface area contributed by atoms with Gasteiger partial charge in [-0.05, 0) is 18.8 Å². The highest BCUT2D eigenvalue weighted by Gasteiger charge is 2.24. The fraction of sp³-hybridized carbons (Fsp3) is 0.875. The lowest BCUT2D eigenvalue weighted by molar-refractivity contribution is -0.534. The van der Waals surface area contributed by atoms with Crippen LogP contribution in [0.1, 0.15) is 19.8 Å². The topological polar surface area (TPSA) is 49.3 Å². The molecule has 0 atom stereocenters. The molecule has 3 N–H and O–H groups in total. The van der Waals surface area contributed by atoms with E-state index in [0.717, 1.165) is 18.3 Å². The largest absolute Gasteiger partial charge is 1.00 e. The summed E-state index contributed by atoms with van der Waals surface area (Å²) in [5.41, 5.74) is 5.63. The van der Waals surface area contributed by atoms with E-state index in [9.17, 15) is 0 Å². The third-order valence-electron chi connectivity index (χ3n) is 2.04. The Bertz CT molecular complexity index is 162. The predicted molar refractivity (Wildman–Crippen MR) is 44.7 cm³/mol. The monoisotopic (exact) mass is 284 g/mol. The van der Waals surface area contributed by atoms with Crippen molar-refractivity contribution in [3.05, 3.63) is 0 Å². The summed E-state index contributed by atoms with van der Waals surface area (Å²) in [7, 11) is 0. The fourth-order valence-corrected chi connectivity index (χ4v) is 1.14. The van der Waals surface area contributed by atoms with Crippen LogP contribution in [0.5, 0.6) is 0 Å². The number of nitrogens with zero attached hydrogens (tertiary/aromatic N) is 1. The molecule has 3 nitrogen and oxygen atoms in total. The number of halogens is 1. The lowest BCUT2D eigenvalue weighted by Crippen LogP contribution is -3.00. The van der Waals surface area contributed by atoms with Gasteiger partial charge in [0, 0.05) is 6.92 Å². The zero-order chi connectivity index (χ0) is 8.27. The van der Waals surface area contributed by atoms with Gasteiger partial charge in [0.25, 0.3) is 0 Å². The van der Waals surface area contributed by atoms with Crippen LogP contribution in [-0.4, -0.2) is 35.2 Å². The Hall–Kier alpha value is 0.160. The molecule has 0 saturated heterocycles. The second-order valence-corrected chi connectivity index (χ2v) is 3.25. The third-order valence-corrected chi connectivity index (χ3v) is 2.04. The predicted octanol–water partition coefficient (Wildman–Crippen LogP) is -3.22. The quantitative estimate of drug-likeness (QED) is 0.247. The summed E-state index contributed by atoms with van der Waals surface area (Å²) in [4.78, 5) is 0. The molecule has 0 spiro atoms. The Labute approximate surface area is 90.7 Å². The maximum Gasteiger partial charge on any atom is 0.239 e. The van der Waals surface area contributed by atoms with Crippen LogP contribution in [0.15, 0.2) is 0 Å². The lowest BCUT2D eigenvalue weighted by atomic mass is 10.4. The first-order valence-electron chi connectivity index (χ1n) is 4.19. The summed E-state index contributed by atoms with van der Waals surface area (Å²) < 4.78 is 2.05. The van der Waals surface area contributed by atoms with Crippen molar-refractivity contribution in [2.45, 2.75) is 19.8 Å². The van der Waals surface area contributed by atoms with Crippen LogP contribution in [0.25, 0.3) is 0 Å². The summed E-state index contributed by atoms with van der Waals surface area (Å²) in [5.74, 6) is 1.66. The van der Waals surface area contributed by atoms with Gasteiger partial charge in [-0.1, -0.05) is 0 Å². The van der Waals surface area contributed by atoms with Crippen molar-refractivity contribution in [3.63, 3.8) is 0 Å². The molecular weight excluding hydrogens is 267 g/mol. The first-order valence-corrected chi connectivity index (χ1v) is 4.19. The van der Waals surface area contributed by atoms with Crippen LogP contribution in [0.4, 0.5) is 0 Å². The standard InChI is InChI=1S/C8H16N2O.HI/c1-7(9)10(4-5-11)6-8-2-3-8;/h8-9,11H,2-6H2,1H3;1H. The maximum atomic E-state index is 8.71. The average molecular weight is 284 g/mol. The number of rotatable bonds is 4. The van der Waals surface area contributed by atoms with Gasteiger partial charge in [-0.3, -0.25) is 10.3 Å². The molecule has 0 radical (unpaired) electrons. The Kier molecular flexibility index (Phi) is 5.82. The van der Waals surface area contributed by atoms with Gasteiger partial charge in [0.2, 0.25) is 5.84 Å². The lowest BCUT2D eigenvalue weighted by Gasteiger charge is -2.05. The van der Waals surface area contributed by atoms with Gasteiger partial charge in [-0.25, -0.2) is 0 Å². The molecule has 0 aromatic rings. The van der Waals surface area contributed by atoms with Crippen LogP contribution >= 0.6 is 0 Å². The van der Waals surface area contributed by atoms with Crippen LogP contribution in [-0.2, 0) is 0 Å². The molecule has 1 saturated carbocycles. The molecule has 0 heterocycles. The van der Waals surface area contributed by atoms with Crippen molar-refractivity contribution in [2.24, 2.45) is 11.7 Å². The Morgan fingerprint density at radius 3 is 2.50 bits per heavy atom. The highest BCUT2D eigenvalue weighted by Crippen LogP contribution is 2.28. The van der Waals surface area contributed by atoms with Crippen molar-refractivity contribution in [1.29, 1.82) is 0 Å². The SMILES string of the molecule is CC(N)=[N+](CCO)CC1CC1.[I-]. The van der Waals surface area contributed by atoms with Crippen LogP contribution in [0.2, 0.25) is 0 Å². The molecule has 72 valence electrons. The number of aliphatic hydroxyl groups excluding tert-OH is 1. The van der Waals surface area contributed by atoms with Gasteiger partial charge in [0.15, 0.2) is 0 Å². The highest BCUT2D eigenvalue weighted by atomic mass is 127. The fourth-order valence-electron chi connectivity index (χ4n) is 1.14. The van der Waals surface area contributed by atoms with E-state index in [0.29, 0.717) is 6.54 Å². The Balaban J connectivity index is 0.00000121. The summed E-state index contributed by atoms with van der Waals surface area (Å²) in [6.07, 6.45) is 2.66. The van der Waals surface area contributed by atoms with Gasteiger partial charge in [0.05, 0.1) is 13.2 Å². The molecule has 1 aliphatic rings. The molecule has 1 aliphatic carbocycles. The van der Waals surface area contributed by atoms with Gasteiger partial charge < -0.3 is 29.1 Å². The highest BCUT2D eigenvalue weighted by molar-refractivity contribution is 5.72. The van der Waals surface area contributed by atoms with E-state index in [4.69, 9.17) is 10.8 Å². The normalized spacial score (nSPS) is 18.2. The minimum absolute atomic E-state index is 0. The van der Waals surface area contributed by atoms with Gasteiger partial charge in [-0.2, -0.15) is 0 Å². The molecular formula is C8H17IN2O. The number of hydrogen-bond donors (Lipinski definition) is 2. The van der Waals surface area contributed by atoms with Crippen molar-refractivity contribution < 1.29 is 33.7 Å². The van der Waals surface area contributed by atoms with Gasteiger partial charge >= 0.3 is 0 Å². The van der Waals surface area contributed by atoms with Crippen LogP contribution in [0.3, 0.4) is 0 Å². The molecule has 0 aliphatic heterocycles. The summed E-state index contributed by atoms with van der Waals surface area (Å²) in [6, 6.07) is 0. The molecule has 12 heavy (non-hydrogen) atoms. The summed E-state index contributed by atoms with van der Waals surface area (Å²) >= 11 is 0. The Morgan fingerprint density at radius 1 is 1.58 bits per heavy atom. The molecule has 4 heteroatoms. The number of nitrogens with two attached hydrogens (primary N) is 1. The van der Waals surface area contributed by atoms with Crippen molar-refractivity contribution in [2.75, 3.05) is 19.7 Å². The second kappa shape index (κ2) is 5.75. The molecule has 0 unspecified atom stereocenters. The first kappa shape index (κ1) is 12.2. The average Bonchev–Trinajstić information content (AvgIpc) is 2.70. The Morgan fingerprint density at radius 2 is 2.17 bits per heavy atom. The van der Waals surface area contributed by atoms with Gasteiger partial charge in [0.1, 0.15) is 6.54 Å². The number of hydrogen-bond acceptors (Lipinski definition) is 1. The van der Waals surface area contributed by atoms with E-state index in [1.165, 1.54) is 12.8 Å². The van der Waals surface area contributed by atoms with Crippen molar-refractivity contribution >= 4 is 5.84 Å². The smallest absolute Gasteiger partial charge is 0.239 e. The summed E-state index contributed by atoms with van der Waals surface area (Å²) in [5, 5.41) is 8.71. The van der Waals surface area contributed by atoms with Crippen molar-refractivity contribution in [1.82, 2.24) is 0 Å². The number of aliphatic hydroxyl groups is 1. The number of amidine groups is 1. The van der Waals surface area contributed by atoms with E-state index in [-0.39, 0.29) is 30.6 Å². The minimum Gasteiger partial charge on any atom is -1.00 e. The van der Waals surface area contributed by atoms with Crippen LogP contribution in [0, 0.1) is 5.92 Å². The van der Waals surface area contributed by atoms with E-state index in [1.807, 2.05) is 6.92 Å². The van der Waals surface area contributed by atoms with E-state index in [1.54, 1.807) is 0 Å². The zero-order valence-corrected chi connectivity index (χ0v) is 9.62. The minimum atomic E-state index is 0. The zero-order valence-electron chi connectivity index (χ0n) is 7.46. The first-order chi connectivity index (χ1) is 5.24.